The van der Waals surface area contributed by atoms with Crippen LogP contribution in [0.3, 0.4) is 0 Å². The number of fused-ring (bicyclic) bond motifs is 1. The van der Waals surface area contributed by atoms with Crippen LogP contribution in [0, 0.1) is 5.82 Å². The Morgan fingerprint density at radius 2 is 2.38 bits per heavy atom. The number of nitrogens with zero attached hydrogens (tertiary/aromatic N) is 1. The number of hydrogen-bond donors (Lipinski definition) is 2. The number of nitrogens with one attached hydrogen (secondary N) is 2. The van der Waals surface area contributed by atoms with Gasteiger partial charge in [0, 0.05) is 23.6 Å². The zero-order valence-corrected chi connectivity index (χ0v) is 12.2. The average molecular weight is 289 g/mol. The molecule has 0 aliphatic carbocycles. The summed E-state index contributed by atoms with van der Waals surface area (Å²) in [5.41, 5.74) is 1.90. The number of likely N-dealkylation sites (N-methyl/N-ethyl adjacent to an activating group) is 1. The molecule has 1 amide bonds. The summed E-state index contributed by atoms with van der Waals surface area (Å²) in [7, 11) is 1.99. The first-order valence-corrected chi connectivity index (χ1v) is 7.38. The van der Waals surface area contributed by atoms with Crippen LogP contribution < -0.4 is 5.32 Å². The molecular weight excluding hydrogens is 269 g/mol. The van der Waals surface area contributed by atoms with E-state index in [1.807, 2.05) is 13.2 Å². The van der Waals surface area contributed by atoms with Crippen LogP contribution in [-0.2, 0) is 11.2 Å². The van der Waals surface area contributed by atoms with Crippen molar-refractivity contribution in [2.75, 3.05) is 20.1 Å². The summed E-state index contributed by atoms with van der Waals surface area (Å²) in [4.78, 5) is 17.3. The molecule has 0 saturated carbocycles. The van der Waals surface area contributed by atoms with Crippen LogP contribution in [0.25, 0.3) is 10.9 Å². The predicted octanol–water partition coefficient (Wildman–Crippen LogP) is 2.06. The van der Waals surface area contributed by atoms with Crippen molar-refractivity contribution in [1.82, 2.24) is 15.2 Å². The fourth-order valence-corrected chi connectivity index (χ4v) is 3.05. The van der Waals surface area contributed by atoms with Crippen LogP contribution in [0.1, 0.15) is 18.4 Å². The number of carbonyl (C=O) groups is 1. The van der Waals surface area contributed by atoms with Crippen molar-refractivity contribution in [3.05, 3.63) is 35.8 Å². The van der Waals surface area contributed by atoms with Gasteiger partial charge in [0.05, 0.1) is 6.04 Å². The second kappa shape index (κ2) is 5.85. The van der Waals surface area contributed by atoms with E-state index in [0.29, 0.717) is 6.54 Å². The highest BCUT2D eigenvalue weighted by Crippen LogP contribution is 2.19. The maximum Gasteiger partial charge on any atom is 0.237 e. The standard InChI is InChI=1S/C16H20FN3O/c1-20-8-2-3-15(20)16(21)18-7-6-11-10-19-14-9-12(17)4-5-13(11)14/h4-5,9-10,15,19H,2-3,6-8H2,1H3,(H,18,21)/t15-/m0/s1. The van der Waals surface area contributed by atoms with Crippen molar-refractivity contribution in [3.63, 3.8) is 0 Å². The number of carbonyl (C=O) groups excluding carboxylic acids is 1. The SMILES string of the molecule is CN1CCC[C@H]1C(=O)NCCc1c[nH]c2cc(F)ccc12. The first-order chi connectivity index (χ1) is 10.1. The zero-order valence-electron chi connectivity index (χ0n) is 12.2. The van der Waals surface area contributed by atoms with E-state index in [1.165, 1.54) is 12.1 Å². The normalized spacial score (nSPS) is 19.2. The smallest absolute Gasteiger partial charge is 0.237 e. The van der Waals surface area contributed by atoms with Crippen LogP contribution in [0.15, 0.2) is 24.4 Å². The average Bonchev–Trinajstić information content (AvgIpc) is 3.05. The Kier molecular flexibility index (Phi) is 3.92. The molecule has 1 aromatic heterocycles. The van der Waals surface area contributed by atoms with E-state index in [1.54, 1.807) is 6.07 Å². The minimum absolute atomic E-state index is 0.0158. The molecule has 2 aromatic rings. The van der Waals surface area contributed by atoms with E-state index in [4.69, 9.17) is 0 Å². The largest absolute Gasteiger partial charge is 0.361 e. The molecule has 0 spiro atoms. The molecule has 0 radical (unpaired) electrons. The molecule has 2 N–H and O–H groups in total. The van der Waals surface area contributed by atoms with Gasteiger partial charge in [0.25, 0.3) is 0 Å². The van der Waals surface area contributed by atoms with Gasteiger partial charge in [0.15, 0.2) is 0 Å². The lowest BCUT2D eigenvalue weighted by molar-refractivity contribution is -0.125. The van der Waals surface area contributed by atoms with Crippen molar-refractivity contribution in [3.8, 4) is 0 Å². The van der Waals surface area contributed by atoms with Crippen LogP contribution in [0.5, 0.6) is 0 Å². The van der Waals surface area contributed by atoms with Gasteiger partial charge in [-0.2, -0.15) is 0 Å². The Bertz CT molecular complexity index is 652. The van der Waals surface area contributed by atoms with Gasteiger partial charge in [-0.15, -0.1) is 0 Å². The van der Waals surface area contributed by atoms with E-state index in [-0.39, 0.29) is 17.8 Å². The quantitative estimate of drug-likeness (QED) is 0.905. The summed E-state index contributed by atoms with van der Waals surface area (Å²) in [5, 5.41) is 4.02. The maximum atomic E-state index is 13.1. The van der Waals surface area contributed by atoms with Crippen LogP contribution in [0.2, 0.25) is 0 Å². The Morgan fingerprint density at radius 1 is 1.52 bits per heavy atom. The zero-order chi connectivity index (χ0) is 14.8. The molecule has 1 fully saturated rings. The Labute approximate surface area is 123 Å². The van der Waals surface area contributed by atoms with Gasteiger partial charge in [-0.05, 0) is 56.6 Å². The third-order valence-corrected chi connectivity index (χ3v) is 4.25. The summed E-state index contributed by atoms with van der Waals surface area (Å²) in [5.74, 6) is -0.130. The summed E-state index contributed by atoms with van der Waals surface area (Å²) >= 11 is 0. The topological polar surface area (TPSA) is 48.1 Å². The molecule has 21 heavy (non-hydrogen) atoms. The number of hydrogen-bond acceptors (Lipinski definition) is 2. The monoisotopic (exact) mass is 289 g/mol. The molecule has 1 atom stereocenters. The third-order valence-electron chi connectivity index (χ3n) is 4.25. The summed E-state index contributed by atoms with van der Waals surface area (Å²) < 4.78 is 13.1. The number of aromatic nitrogens is 1. The lowest BCUT2D eigenvalue weighted by Gasteiger charge is -2.18. The van der Waals surface area contributed by atoms with Gasteiger partial charge in [-0.3, -0.25) is 9.69 Å². The van der Waals surface area contributed by atoms with Crippen molar-refractivity contribution in [2.45, 2.75) is 25.3 Å². The molecule has 4 nitrogen and oxygen atoms in total. The third kappa shape index (κ3) is 2.93. The summed E-state index contributed by atoms with van der Waals surface area (Å²) in [6, 6.07) is 4.75. The highest BCUT2D eigenvalue weighted by molar-refractivity contribution is 5.84. The van der Waals surface area contributed by atoms with Gasteiger partial charge >= 0.3 is 0 Å². The van der Waals surface area contributed by atoms with Crippen LogP contribution in [-0.4, -0.2) is 42.0 Å². The highest BCUT2D eigenvalue weighted by atomic mass is 19.1. The van der Waals surface area contributed by atoms with Gasteiger partial charge in [-0.25, -0.2) is 4.39 Å². The van der Waals surface area contributed by atoms with E-state index in [9.17, 15) is 9.18 Å². The lowest BCUT2D eigenvalue weighted by atomic mass is 10.1. The molecule has 1 aliphatic heterocycles. The number of halogens is 1. The summed E-state index contributed by atoms with van der Waals surface area (Å²) in [6.45, 7) is 1.60. The molecule has 3 rings (SSSR count). The van der Waals surface area contributed by atoms with Crippen LogP contribution in [0.4, 0.5) is 4.39 Å². The summed E-state index contributed by atoms with van der Waals surface area (Å²) in [6.07, 6.45) is 4.66. The lowest BCUT2D eigenvalue weighted by Crippen LogP contribution is -2.42. The first kappa shape index (κ1) is 14.1. The fourth-order valence-electron chi connectivity index (χ4n) is 3.05. The van der Waals surface area contributed by atoms with Crippen molar-refractivity contribution < 1.29 is 9.18 Å². The second-order valence-electron chi connectivity index (χ2n) is 5.68. The minimum Gasteiger partial charge on any atom is -0.361 e. The number of H-pyrrole nitrogens is 1. The predicted molar refractivity (Wildman–Crippen MR) is 80.6 cm³/mol. The van der Waals surface area contributed by atoms with E-state index in [2.05, 4.69) is 15.2 Å². The number of aromatic amines is 1. The Morgan fingerprint density at radius 3 is 3.14 bits per heavy atom. The molecule has 0 unspecified atom stereocenters. The molecule has 1 aromatic carbocycles. The number of benzene rings is 1. The van der Waals surface area contributed by atoms with Gasteiger partial charge < -0.3 is 10.3 Å². The molecule has 2 heterocycles. The molecular formula is C16H20FN3O. The molecule has 1 aliphatic rings. The molecule has 112 valence electrons. The first-order valence-electron chi connectivity index (χ1n) is 7.38. The van der Waals surface area contributed by atoms with Gasteiger partial charge in [0.1, 0.15) is 5.82 Å². The number of amides is 1. The number of rotatable bonds is 4. The second-order valence-corrected chi connectivity index (χ2v) is 5.68. The van der Waals surface area contributed by atoms with Gasteiger partial charge in [-0.1, -0.05) is 0 Å². The molecule has 5 heteroatoms. The van der Waals surface area contributed by atoms with Crippen molar-refractivity contribution >= 4 is 16.8 Å². The van der Waals surface area contributed by atoms with Crippen molar-refractivity contribution in [1.29, 1.82) is 0 Å². The van der Waals surface area contributed by atoms with Crippen molar-refractivity contribution in [2.24, 2.45) is 0 Å². The molecule has 1 saturated heterocycles. The number of likely N-dealkylation sites (tertiary alicyclic amines) is 1. The van der Waals surface area contributed by atoms with E-state index in [0.717, 1.165) is 42.3 Å². The van der Waals surface area contributed by atoms with Crippen LogP contribution >= 0.6 is 0 Å². The maximum absolute atomic E-state index is 13.1. The van der Waals surface area contributed by atoms with E-state index < -0.39 is 0 Å². The van der Waals surface area contributed by atoms with E-state index >= 15 is 0 Å². The Balaban J connectivity index is 1.58. The minimum atomic E-state index is -0.242. The Hall–Kier alpha value is -1.88. The fraction of sp³-hybridized carbons (Fsp3) is 0.438. The highest BCUT2D eigenvalue weighted by Gasteiger charge is 2.27. The van der Waals surface area contributed by atoms with Gasteiger partial charge in [0.2, 0.25) is 5.91 Å². The molecule has 0 bridgehead atoms.